The van der Waals surface area contributed by atoms with Gasteiger partial charge in [-0.15, -0.1) is 0 Å². The van der Waals surface area contributed by atoms with Gasteiger partial charge in [0, 0.05) is 0 Å². The molecular formula is C26H61N. The Morgan fingerprint density at radius 1 is 0.667 bits per heavy atom. The second-order valence-electron chi connectivity index (χ2n) is 6.42. The molecular weight excluding hydrogens is 326 g/mol. The maximum absolute atomic E-state index is 3.20. The molecule has 0 aromatic heterocycles. The van der Waals surface area contributed by atoms with E-state index < -0.39 is 0 Å². The van der Waals surface area contributed by atoms with Gasteiger partial charge in [-0.25, -0.2) is 0 Å². The number of rotatable bonds is 6. The molecule has 1 nitrogen and oxygen atoms in total. The second-order valence-corrected chi connectivity index (χ2v) is 6.42. The molecule has 170 valence electrons. The van der Waals surface area contributed by atoms with Crippen molar-refractivity contribution in [1.29, 1.82) is 0 Å². The zero-order valence-electron chi connectivity index (χ0n) is 21.9. The molecule has 1 heteroatoms. The van der Waals surface area contributed by atoms with Crippen LogP contribution in [0.5, 0.6) is 0 Å². The van der Waals surface area contributed by atoms with E-state index in [-0.39, 0.29) is 0 Å². The number of hydrogen-bond acceptors (Lipinski definition) is 1. The third kappa shape index (κ3) is 46.1. The quantitative estimate of drug-likeness (QED) is 0.447. The van der Waals surface area contributed by atoms with Crippen LogP contribution in [0.25, 0.3) is 0 Å². The van der Waals surface area contributed by atoms with Crippen LogP contribution in [0.1, 0.15) is 134 Å². The van der Waals surface area contributed by atoms with Gasteiger partial charge in [0.1, 0.15) is 0 Å². The lowest BCUT2D eigenvalue weighted by Gasteiger charge is -2.18. The van der Waals surface area contributed by atoms with Gasteiger partial charge in [0.15, 0.2) is 0 Å². The summed E-state index contributed by atoms with van der Waals surface area (Å²) in [6, 6.07) is 0. The van der Waals surface area contributed by atoms with Crippen LogP contribution in [0.3, 0.4) is 0 Å². The Morgan fingerprint density at radius 2 is 0.963 bits per heavy atom. The summed E-state index contributed by atoms with van der Waals surface area (Å²) in [7, 11) is 2.03. The molecule has 2 unspecified atom stereocenters. The molecule has 27 heavy (non-hydrogen) atoms. The van der Waals surface area contributed by atoms with Gasteiger partial charge in [-0.2, -0.15) is 0 Å². The molecule has 1 N–H and O–H groups in total. The predicted molar refractivity (Wildman–Crippen MR) is 134 cm³/mol. The zero-order chi connectivity index (χ0) is 22.3. The Hall–Kier alpha value is -0.300. The summed E-state index contributed by atoms with van der Waals surface area (Å²) in [4.78, 5) is 0. The Kier molecular flexibility index (Phi) is 62.2. The zero-order valence-corrected chi connectivity index (χ0v) is 21.9. The van der Waals surface area contributed by atoms with Crippen LogP contribution in [0.15, 0.2) is 12.2 Å². The summed E-state index contributed by atoms with van der Waals surface area (Å²) in [6.45, 7) is 24.2. The van der Waals surface area contributed by atoms with E-state index in [0.29, 0.717) is 0 Å². The highest BCUT2D eigenvalue weighted by atomic mass is 14.8. The van der Waals surface area contributed by atoms with Crippen LogP contribution in [0, 0.1) is 11.8 Å². The molecule has 0 aromatic rings. The maximum Gasteiger partial charge on any atom is -0.00493 e. The van der Waals surface area contributed by atoms with Crippen molar-refractivity contribution in [3.8, 4) is 0 Å². The lowest BCUT2D eigenvalue weighted by Crippen LogP contribution is -2.16. The van der Waals surface area contributed by atoms with Crippen molar-refractivity contribution in [2.24, 2.45) is 11.8 Å². The number of nitrogens with one attached hydrogen (secondary N) is 1. The average Bonchev–Trinajstić information content (AvgIpc) is 2.78. The highest BCUT2D eigenvalue weighted by molar-refractivity contribution is 4.68. The van der Waals surface area contributed by atoms with Crippen LogP contribution in [0.2, 0.25) is 0 Å². The molecule has 1 aliphatic rings. The molecule has 0 spiro atoms. The van der Waals surface area contributed by atoms with E-state index in [4.69, 9.17) is 0 Å². The van der Waals surface area contributed by atoms with Crippen molar-refractivity contribution in [1.82, 2.24) is 5.32 Å². The van der Waals surface area contributed by atoms with Crippen molar-refractivity contribution in [3.05, 3.63) is 12.2 Å². The first kappa shape index (κ1) is 37.5. The van der Waals surface area contributed by atoms with Crippen LogP contribution in [0.4, 0.5) is 0 Å². The Bertz CT molecular complexity index is 179. The van der Waals surface area contributed by atoms with E-state index in [0.717, 1.165) is 18.4 Å². The minimum absolute atomic E-state index is 0.877. The molecule has 1 aliphatic carbocycles. The molecule has 1 fully saturated rings. The highest BCUT2D eigenvalue weighted by Gasteiger charge is 2.09. The Morgan fingerprint density at radius 3 is 1.19 bits per heavy atom. The summed E-state index contributed by atoms with van der Waals surface area (Å²) < 4.78 is 0. The summed E-state index contributed by atoms with van der Waals surface area (Å²) in [5.74, 6) is 1.77. The van der Waals surface area contributed by atoms with E-state index in [1.165, 1.54) is 57.8 Å². The largest absolute Gasteiger partial charge is 0.320 e. The lowest BCUT2D eigenvalue weighted by atomic mass is 9.89. The topological polar surface area (TPSA) is 12.0 Å². The first-order valence-corrected chi connectivity index (χ1v) is 12.4. The predicted octanol–water partition coefficient (Wildman–Crippen LogP) is 9.67. The second kappa shape index (κ2) is 44.8. The normalized spacial score (nSPS) is 14.1. The SMILES string of the molecule is C1CCCCC1.CC.CC.CC.CC=CC.CCCC(C)C(C)CCNC. The van der Waals surface area contributed by atoms with Gasteiger partial charge in [-0.3, -0.25) is 0 Å². The summed E-state index contributed by atoms with van der Waals surface area (Å²) in [6.07, 6.45) is 17.0. The lowest BCUT2D eigenvalue weighted by molar-refractivity contribution is 0.339. The molecule has 2 atom stereocenters. The fraction of sp³-hybridized carbons (Fsp3) is 0.923. The van der Waals surface area contributed by atoms with Crippen LogP contribution in [-0.4, -0.2) is 13.6 Å². The number of allylic oxidation sites excluding steroid dienone is 2. The van der Waals surface area contributed by atoms with E-state index in [9.17, 15) is 0 Å². The fourth-order valence-corrected chi connectivity index (χ4v) is 2.46. The molecule has 0 aliphatic heterocycles. The van der Waals surface area contributed by atoms with Crippen molar-refractivity contribution in [2.45, 2.75) is 134 Å². The first-order valence-electron chi connectivity index (χ1n) is 12.4. The monoisotopic (exact) mass is 387 g/mol. The molecule has 0 saturated heterocycles. The van der Waals surface area contributed by atoms with Gasteiger partial charge in [-0.1, -0.05) is 126 Å². The van der Waals surface area contributed by atoms with E-state index in [2.05, 4.69) is 26.1 Å². The van der Waals surface area contributed by atoms with Crippen LogP contribution < -0.4 is 5.32 Å². The highest BCUT2D eigenvalue weighted by Crippen LogP contribution is 2.19. The third-order valence-electron chi connectivity index (χ3n) is 4.40. The van der Waals surface area contributed by atoms with Gasteiger partial charge in [-0.05, 0) is 45.7 Å². The van der Waals surface area contributed by atoms with E-state index in [1.807, 2.05) is 74.6 Å². The van der Waals surface area contributed by atoms with Crippen molar-refractivity contribution >= 4 is 0 Å². The van der Waals surface area contributed by atoms with Crippen LogP contribution >= 0.6 is 0 Å². The van der Waals surface area contributed by atoms with Crippen molar-refractivity contribution in [3.63, 3.8) is 0 Å². The molecule has 0 radical (unpaired) electrons. The molecule has 1 rings (SSSR count). The van der Waals surface area contributed by atoms with Gasteiger partial charge in [0.05, 0.1) is 0 Å². The molecule has 0 bridgehead atoms. The van der Waals surface area contributed by atoms with Gasteiger partial charge in [0.25, 0.3) is 0 Å². The molecule has 0 amide bonds. The number of hydrogen-bond donors (Lipinski definition) is 1. The molecule has 1 saturated carbocycles. The van der Waals surface area contributed by atoms with Crippen LogP contribution in [-0.2, 0) is 0 Å². The van der Waals surface area contributed by atoms with Gasteiger partial charge in [0.2, 0.25) is 0 Å². The first-order chi connectivity index (χ1) is 13.1. The smallest absolute Gasteiger partial charge is 0.00493 e. The Labute approximate surface area is 177 Å². The molecule has 0 aromatic carbocycles. The minimum atomic E-state index is 0.877. The van der Waals surface area contributed by atoms with E-state index in [1.54, 1.807) is 0 Å². The van der Waals surface area contributed by atoms with Gasteiger partial charge < -0.3 is 5.32 Å². The van der Waals surface area contributed by atoms with E-state index >= 15 is 0 Å². The maximum atomic E-state index is 3.20. The third-order valence-corrected chi connectivity index (χ3v) is 4.40. The molecule has 0 heterocycles. The standard InChI is InChI=1S/C10H23N.C6H12.C4H8.3C2H6/c1-5-6-9(2)10(3)7-8-11-4;1-2-4-6-5-3-1;1-3-4-2;3*1-2/h9-11H,5-8H2,1-4H3;1-6H2;3-4H,1-2H3;3*1-2H3. The summed E-state index contributed by atoms with van der Waals surface area (Å²) >= 11 is 0. The summed E-state index contributed by atoms with van der Waals surface area (Å²) in [5, 5.41) is 3.20. The fourth-order valence-electron chi connectivity index (χ4n) is 2.46. The van der Waals surface area contributed by atoms with Crippen molar-refractivity contribution < 1.29 is 0 Å². The minimum Gasteiger partial charge on any atom is -0.320 e. The summed E-state index contributed by atoms with van der Waals surface area (Å²) in [5.41, 5.74) is 0. The van der Waals surface area contributed by atoms with Crippen molar-refractivity contribution in [2.75, 3.05) is 13.6 Å². The average molecular weight is 388 g/mol. The van der Waals surface area contributed by atoms with Gasteiger partial charge >= 0.3 is 0 Å². The Balaban J connectivity index is -0.0000000852.